The molecule has 9 heteroatoms. The molecule has 0 unspecified atom stereocenters. The molecule has 0 N–H and O–H groups in total. The fraction of sp³-hybridized carbons (Fsp3) is 0.167. The molecule has 0 bridgehead atoms. The number of fused-ring (bicyclic) bond motifs is 3. The Kier molecular flexibility index (Phi) is 5.33. The maximum Gasteiger partial charge on any atom is 0.237 e. The van der Waals surface area contributed by atoms with Gasteiger partial charge in [-0.25, -0.2) is 8.91 Å². The van der Waals surface area contributed by atoms with Crippen molar-refractivity contribution in [1.82, 2.24) is 24.2 Å². The van der Waals surface area contributed by atoms with E-state index in [0.29, 0.717) is 16.5 Å². The first-order valence-corrected chi connectivity index (χ1v) is 11.3. The van der Waals surface area contributed by atoms with Gasteiger partial charge in [-0.05, 0) is 55.8 Å². The van der Waals surface area contributed by atoms with Crippen molar-refractivity contribution < 1.29 is 9.18 Å². The second-order valence-corrected chi connectivity index (χ2v) is 8.81. The molecule has 33 heavy (non-hydrogen) atoms. The summed E-state index contributed by atoms with van der Waals surface area (Å²) in [6.07, 6.45) is 3.70. The van der Waals surface area contributed by atoms with Gasteiger partial charge in [-0.2, -0.15) is 5.10 Å². The van der Waals surface area contributed by atoms with Crippen LogP contribution in [0.1, 0.15) is 11.1 Å². The molecule has 5 rings (SSSR count). The number of thioether (sulfide) groups is 1. The van der Waals surface area contributed by atoms with Gasteiger partial charge in [0.15, 0.2) is 10.8 Å². The fourth-order valence-corrected chi connectivity index (χ4v) is 4.50. The molecule has 2 aromatic carbocycles. The molecule has 0 saturated carbocycles. The van der Waals surface area contributed by atoms with Crippen molar-refractivity contribution in [2.75, 3.05) is 17.7 Å². The zero-order chi connectivity index (χ0) is 23.1. The molecule has 1 amide bonds. The van der Waals surface area contributed by atoms with Crippen molar-refractivity contribution in [3.63, 3.8) is 0 Å². The van der Waals surface area contributed by atoms with E-state index in [1.807, 2.05) is 22.9 Å². The second kappa shape index (κ2) is 8.32. The van der Waals surface area contributed by atoms with Crippen LogP contribution < -0.4 is 4.90 Å². The smallest absolute Gasteiger partial charge is 0.237 e. The third-order valence-corrected chi connectivity index (χ3v) is 6.50. The van der Waals surface area contributed by atoms with Gasteiger partial charge in [-0.3, -0.25) is 9.20 Å². The van der Waals surface area contributed by atoms with Crippen LogP contribution in [0.25, 0.3) is 22.4 Å². The first-order valence-electron chi connectivity index (χ1n) is 10.4. The maximum atomic E-state index is 13.1. The first-order chi connectivity index (χ1) is 15.9. The third kappa shape index (κ3) is 3.95. The number of halogens is 1. The van der Waals surface area contributed by atoms with Crippen molar-refractivity contribution in [2.24, 2.45) is 0 Å². The number of carbonyl (C=O) groups excluding carboxylic acids is 1. The van der Waals surface area contributed by atoms with Gasteiger partial charge < -0.3 is 4.90 Å². The summed E-state index contributed by atoms with van der Waals surface area (Å²) >= 11 is 1.30. The van der Waals surface area contributed by atoms with Crippen LogP contribution in [0, 0.1) is 19.7 Å². The average molecular weight is 461 g/mol. The Morgan fingerprint density at radius 2 is 1.85 bits per heavy atom. The zero-order valence-corrected chi connectivity index (χ0v) is 19.2. The van der Waals surface area contributed by atoms with Crippen LogP contribution >= 0.6 is 11.8 Å². The van der Waals surface area contributed by atoms with Gasteiger partial charge in [-0.1, -0.05) is 29.5 Å². The first kappa shape index (κ1) is 21.1. The van der Waals surface area contributed by atoms with Gasteiger partial charge in [0.05, 0.1) is 11.4 Å². The Hall–Kier alpha value is -3.72. The van der Waals surface area contributed by atoms with Crippen LogP contribution in [0.4, 0.5) is 10.1 Å². The quantitative estimate of drug-likeness (QED) is 0.360. The van der Waals surface area contributed by atoms with E-state index >= 15 is 0 Å². The molecule has 0 aliphatic rings. The van der Waals surface area contributed by atoms with Crippen LogP contribution in [0.15, 0.2) is 66.1 Å². The minimum atomic E-state index is -0.337. The van der Waals surface area contributed by atoms with E-state index in [0.717, 1.165) is 22.3 Å². The Morgan fingerprint density at radius 1 is 1.06 bits per heavy atom. The summed E-state index contributed by atoms with van der Waals surface area (Å²) in [6.45, 7) is 4.13. The number of hydrogen-bond donors (Lipinski definition) is 0. The summed E-state index contributed by atoms with van der Waals surface area (Å²) in [4.78, 5) is 14.1. The summed E-state index contributed by atoms with van der Waals surface area (Å²) in [5.74, 6) is -0.283. The number of rotatable bonds is 5. The summed E-state index contributed by atoms with van der Waals surface area (Å²) in [6, 6.07) is 14.1. The number of benzene rings is 2. The summed E-state index contributed by atoms with van der Waals surface area (Å²) in [5, 5.41) is 14.0. The Balaban J connectivity index is 1.40. The SMILES string of the molecule is Cc1ccc(C)c(-c2cc3c4nnc(SCC(=O)N(C)c5ccc(F)cc5)n4ccn3n2)c1. The van der Waals surface area contributed by atoms with E-state index in [9.17, 15) is 9.18 Å². The normalized spacial score (nSPS) is 11.4. The topological polar surface area (TPSA) is 67.8 Å². The molecule has 0 radical (unpaired) electrons. The zero-order valence-electron chi connectivity index (χ0n) is 18.4. The number of hydrogen-bond acceptors (Lipinski definition) is 5. The minimum Gasteiger partial charge on any atom is -0.315 e. The average Bonchev–Trinajstić information content (AvgIpc) is 3.43. The van der Waals surface area contributed by atoms with E-state index in [1.54, 1.807) is 23.7 Å². The van der Waals surface area contributed by atoms with Crippen molar-refractivity contribution in [3.05, 3.63) is 77.9 Å². The van der Waals surface area contributed by atoms with E-state index in [-0.39, 0.29) is 17.5 Å². The van der Waals surface area contributed by atoms with Crippen LogP contribution in [0.3, 0.4) is 0 Å². The Morgan fingerprint density at radius 3 is 2.64 bits per heavy atom. The monoisotopic (exact) mass is 460 g/mol. The largest absolute Gasteiger partial charge is 0.315 e. The summed E-state index contributed by atoms with van der Waals surface area (Å²) < 4.78 is 16.8. The highest BCUT2D eigenvalue weighted by Gasteiger charge is 2.17. The van der Waals surface area contributed by atoms with Crippen molar-refractivity contribution in [2.45, 2.75) is 19.0 Å². The van der Waals surface area contributed by atoms with Gasteiger partial charge in [0.1, 0.15) is 11.3 Å². The molecule has 0 fully saturated rings. The van der Waals surface area contributed by atoms with Gasteiger partial charge in [-0.15, -0.1) is 10.2 Å². The predicted molar refractivity (Wildman–Crippen MR) is 127 cm³/mol. The van der Waals surface area contributed by atoms with E-state index in [2.05, 4.69) is 42.2 Å². The number of nitrogens with zero attached hydrogens (tertiary/aromatic N) is 6. The molecule has 3 heterocycles. The van der Waals surface area contributed by atoms with E-state index < -0.39 is 0 Å². The highest BCUT2D eigenvalue weighted by atomic mass is 32.2. The number of amides is 1. The van der Waals surface area contributed by atoms with E-state index in [1.165, 1.54) is 34.4 Å². The number of carbonyl (C=O) groups is 1. The molecule has 0 aliphatic carbocycles. The van der Waals surface area contributed by atoms with Crippen LogP contribution in [-0.2, 0) is 4.79 Å². The molecule has 7 nitrogen and oxygen atoms in total. The molecular weight excluding hydrogens is 439 g/mol. The highest BCUT2D eigenvalue weighted by Crippen LogP contribution is 2.27. The molecule has 0 aliphatic heterocycles. The van der Waals surface area contributed by atoms with Gasteiger partial charge >= 0.3 is 0 Å². The second-order valence-electron chi connectivity index (χ2n) is 7.87. The van der Waals surface area contributed by atoms with Gasteiger partial charge in [0, 0.05) is 30.7 Å². The van der Waals surface area contributed by atoms with Crippen LogP contribution in [0.2, 0.25) is 0 Å². The number of anilines is 1. The van der Waals surface area contributed by atoms with Crippen molar-refractivity contribution in [3.8, 4) is 11.3 Å². The lowest BCUT2D eigenvalue weighted by molar-refractivity contribution is -0.115. The predicted octanol–water partition coefficient (Wildman–Crippen LogP) is 4.56. The lowest BCUT2D eigenvalue weighted by Gasteiger charge is -2.16. The molecule has 0 spiro atoms. The molecule has 3 aromatic heterocycles. The van der Waals surface area contributed by atoms with Crippen molar-refractivity contribution in [1.29, 1.82) is 0 Å². The molecule has 166 valence electrons. The molecule has 0 saturated heterocycles. The summed E-state index contributed by atoms with van der Waals surface area (Å²) in [5.41, 5.74) is 6.42. The van der Waals surface area contributed by atoms with Gasteiger partial charge in [0.2, 0.25) is 5.91 Å². The Bertz CT molecular complexity index is 1490. The Labute approximate surface area is 193 Å². The van der Waals surface area contributed by atoms with Gasteiger partial charge in [0.25, 0.3) is 0 Å². The van der Waals surface area contributed by atoms with Crippen molar-refractivity contribution >= 4 is 34.5 Å². The van der Waals surface area contributed by atoms with Crippen LogP contribution in [-0.4, -0.2) is 42.9 Å². The molecule has 0 atom stereocenters. The number of aromatic nitrogens is 5. The van der Waals surface area contributed by atoms with E-state index in [4.69, 9.17) is 5.10 Å². The third-order valence-electron chi connectivity index (χ3n) is 5.57. The number of aryl methyl sites for hydroxylation is 2. The fourth-order valence-electron chi connectivity index (χ4n) is 3.66. The highest BCUT2D eigenvalue weighted by molar-refractivity contribution is 7.99. The summed E-state index contributed by atoms with van der Waals surface area (Å²) in [7, 11) is 1.67. The lowest BCUT2D eigenvalue weighted by atomic mass is 10.0. The molecule has 5 aromatic rings. The molecular formula is C24H21FN6OS. The maximum absolute atomic E-state index is 13.1. The standard InChI is InChI=1S/C24H21FN6OS/c1-15-4-5-16(2)19(12-15)20-13-21-23-26-27-24(30(23)10-11-31(21)28-20)33-14-22(32)29(3)18-8-6-17(25)7-9-18/h4-13H,14H2,1-3H3. The minimum absolute atomic E-state index is 0.119. The lowest BCUT2D eigenvalue weighted by Crippen LogP contribution is -2.27. The van der Waals surface area contributed by atoms with Crippen LogP contribution in [0.5, 0.6) is 0 Å².